The van der Waals surface area contributed by atoms with Gasteiger partial charge in [-0.2, -0.15) is 0 Å². The van der Waals surface area contributed by atoms with Gasteiger partial charge in [0.25, 0.3) is 11.5 Å². The molecule has 156 valence electrons. The summed E-state index contributed by atoms with van der Waals surface area (Å²) in [6.07, 6.45) is 0.304. The van der Waals surface area contributed by atoms with E-state index in [0.717, 1.165) is 6.42 Å². The van der Waals surface area contributed by atoms with Crippen molar-refractivity contribution < 1.29 is 9.53 Å². The summed E-state index contributed by atoms with van der Waals surface area (Å²) in [7, 11) is 0. The van der Waals surface area contributed by atoms with Gasteiger partial charge < -0.3 is 20.4 Å². The molecule has 0 spiro atoms. The first-order valence-electron chi connectivity index (χ1n) is 10.2. The minimum atomic E-state index is -0.499. The topological polar surface area (TPSA) is 105 Å². The molecule has 2 aliphatic heterocycles. The van der Waals surface area contributed by atoms with E-state index in [0.29, 0.717) is 56.1 Å². The number of ether oxygens (including phenoxy) is 1. The van der Waals surface area contributed by atoms with Crippen molar-refractivity contribution in [2.75, 3.05) is 32.8 Å². The summed E-state index contributed by atoms with van der Waals surface area (Å²) in [6, 6.07) is 7.40. The highest BCUT2D eigenvalue weighted by molar-refractivity contribution is 5.81. The molecular formula is C21H29N5O3. The van der Waals surface area contributed by atoms with Crippen LogP contribution in [0.5, 0.6) is 0 Å². The number of aromatic amines is 1. The van der Waals surface area contributed by atoms with Crippen molar-refractivity contribution >= 4 is 16.8 Å². The third kappa shape index (κ3) is 4.19. The van der Waals surface area contributed by atoms with Gasteiger partial charge in [0.15, 0.2) is 0 Å². The number of likely N-dealkylation sites (tertiary alicyclic amines) is 1. The number of nitrogens with two attached hydrogens (primary N) is 1. The molecule has 8 heteroatoms. The van der Waals surface area contributed by atoms with Crippen LogP contribution < -0.4 is 11.3 Å². The second-order valence-corrected chi connectivity index (χ2v) is 8.77. The van der Waals surface area contributed by atoms with Crippen molar-refractivity contribution in [3.8, 4) is 0 Å². The van der Waals surface area contributed by atoms with Crippen molar-refractivity contribution in [2.45, 2.75) is 39.0 Å². The summed E-state index contributed by atoms with van der Waals surface area (Å²) >= 11 is 0. The number of piperidine rings is 1. The molecule has 2 unspecified atom stereocenters. The predicted molar refractivity (Wildman–Crippen MR) is 110 cm³/mol. The van der Waals surface area contributed by atoms with E-state index < -0.39 is 6.10 Å². The first-order chi connectivity index (χ1) is 13.8. The highest BCUT2D eigenvalue weighted by atomic mass is 16.5. The fourth-order valence-corrected chi connectivity index (χ4v) is 4.18. The molecule has 0 radical (unpaired) electrons. The molecule has 29 heavy (non-hydrogen) atoms. The molecule has 1 amide bonds. The SMILES string of the molecule is CC1(C)CN(C(=O)C2CN(Cc3nc4ccccc4c(=O)[nH]3)CCO2)CCC1N. The van der Waals surface area contributed by atoms with Crippen LogP contribution in [0.4, 0.5) is 0 Å². The molecule has 3 N–H and O–H groups in total. The van der Waals surface area contributed by atoms with Crippen molar-refractivity contribution in [3.63, 3.8) is 0 Å². The number of hydrogen-bond acceptors (Lipinski definition) is 6. The lowest BCUT2D eigenvalue weighted by atomic mass is 9.79. The van der Waals surface area contributed by atoms with E-state index in [2.05, 4.69) is 28.7 Å². The van der Waals surface area contributed by atoms with Crippen molar-refractivity contribution in [1.82, 2.24) is 19.8 Å². The number of nitrogens with one attached hydrogen (secondary N) is 1. The lowest BCUT2D eigenvalue weighted by Gasteiger charge is -2.44. The van der Waals surface area contributed by atoms with Crippen molar-refractivity contribution in [3.05, 3.63) is 40.4 Å². The Labute approximate surface area is 170 Å². The number of carbonyl (C=O) groups is 1. The zero-order valence-corrected chi connectivity index (χ0v) is 17.1. The van der Waals surface area contributed by atoms with E-state index in [1.165, 1.54) is 0 Å². The lowest BCUT2D eigenvalue weighted by Crippen LogP contribution is -2.58. The summed E-state index contributed by atoms with van der Waals surface area (Å²) in [4.78, 5) is 36.8. The van der Waals surface area contributed by atoms with E-state index in [1.54, 1.807) is 6.07 Å². The van der Waals surface area contributed by atoms with Gasteiger partial charge in [-0.15, -0.1) is 0 Å². The van der Waals surface area contributed by atoms with Crippen molar-refractivity contribution in [1.29, 1.82) is 0 Å². The van der Waals surface area contributed by atoms with E-state index >= 15 is 0 Å². The number of hydrogen-bond donors (Lipinski definition) is 2. The summed E-state index contributed by atoms with van der Waals surface area (Å²) in [5, 5.41) is 0.581. The first-order valence-corrected chi connectivity index (χ1v) is 10.2. The highest BCUT2D eigenvalue weighted by Gasteiger charge is 2.38. The molecule has 2 aromatic rings. The van der Waals surface area contributed by atoms with Gasteiger partial charge in [-0.25, -0.2) is 4.98 Å². The Morgan fingerprint density at radius 2 is 2.14 bits per heavy atom. The predicted octanol–water partition coefficient (Wildman–Crippen LogP) is 0.710. The van der Waals surface area contributed by atoms with Crippen LogP contribution >= 0.6 is 0 Å². The minimum Gasteiger partial charge on any atom is -0.366 e. The average Bonchev–Trinajstić information content (AvgIpc) is 2.70. The zero-order chi connectivity index (χ0) is 20.6. The van der Waals surface area contributed by atoms with Crippen LogP contribution in [0.3, 0.4) is 0 Å². The normalized spacial score (nSPS) is 25.3. The van der Waals surface area contributed by atoms with Gasteiger partial charge in [-0.1, -0.05) is 26.0 Å². The van der Waals surface area contributed by atoms with Gasteiger partial charge in [0.05, 0.1) is 24.1 Å². The molecule has 2 atom stereocenters. The molecule has 0 saturated carbocycles. The third-order valence-corrected chi connectivity index (χ3v) is 6.09. The maximum atomic E-state index is 13.0. The molecule has 2 aliphatic rings. The number of para-hydroxylation sites is 1. The second-order valence-electron chi connectivity index (χ2n) is 8.77. The molecule has 1 aromatic carbocycles. The number of morpholine rings is 1. The monoisotopic (exact) mass is 399 g/mol. The van der Waals surface area contributed by atoms with E-state index in [9.17, 15) is 9.59 Å². The Morgan fingerprint density at radius 1 is 1.34 bits per heavy atom. The average molecular weight is 399 g/mol. The summed E-state index contributed by atoms with van der Waals surface area (Å²) in [5.74, 6) is 0.626. The van der Waals surface area contributed by atoms with Crippen molar-refractivity contribution in [2.24, 2.45) is 11.1 Å². The number of rotatable bonds is 3. The van der Waals surface area contributed by atoms with E-state index in [-0.39, 0.29) is 22.9 Å². The van der Waals surface area contributed by atoms with Crippen LogP contribution in [0.2, 0.25) is 0 Å². The van der Waals surface area contributed by atoms with Gasteiger partial charge in [-0.3, -0.25) is 14.5 Å². The number of carbonyl (C=O) groups excluding carboxylic acids is 1. The lowest BCUT2D eigenvalue weighted by molar-refractivity contribution is -0.153. The Balaban J connectivity index is 1.43. The second kappa shape index (κ2) is 7.85. The van der Waals surface area contributed by atoms with Gasteiger partial charge in [0.1, 0.15) is 11.9 Å². The third-order valence-electron chi connectivity index (χ3n) is 6.09. The summed E-state index contributed by atoms with van der Waals surface area (Å²) < 4.78 is 5.79. The molecule has 8 nitrogen and oxygen atoms in total. The van der Waals surface area contributed by atoms with Crippen LogP contribution in [0.25, 0.3) is 10.9 Å². The number of nitrogens with zero attached hydrogens (tertiary/aromatic N) is 3. The standard InChI is InChI=1S/C21H29N5O3/c1-21(2)13-26(8-7-17(21)22)20(28)16-11-25(9-10-29-16)12-18-23-15-6-4-3-5-14(15)19(27)24-18/h3-6,16-17H,7-13,22H2,1-2H3,(H,23,24,27). The van der Waals surface area contributed by atoms with Crippen LogP contribution in [0.1, 0.15) is 26.1 Å². The Bertz CT molecular complexity index is 957. The minimum absolute atomic E-state index is 0.0228. The molecule has 2 saturated heterocycles. The van der Waals surface area contributed by atoms with Crippen LogP contribution in [0, 0.1) is 5.41 Å². The van der Waals surface area contributed by atoms with Crippen LogP contribution in [-0.2, 0) is 16.1 Å². The quantitative estimate of drug-likeness (QED) is 0.788. The molecule has 0 bridgehead atoms. The zero-order valence-electron chi connectivity index (χ0n) is 17.1. The van der Waals surface area contributed by atoms with Gasteiger partial charge in [0.2, 0.25) is 0 Å². The Hall–Kier alpha value is -2.29. The Morgan fingerprint density at radius 3 is 2.93 bits per heavy atom. The number of fused-ring (bicyclic) bond motifs is 1. The number of amides is 1. The highest BCUT2D eigenvalue weighted by Crippen LogP contribution is 2.28. The maximum absolute atomic E-state index is 13.0. The maximum Gasteiger partial charge on any atom is 0.258 e. The molecule has 2 fully saturated rings. The smallest absolute Gasteiger partial charge is 0.258 e. The van der Waals surface area contributed by atoms with Gasteiger partial charge in [0, 0.05) is 32.2 Å². The Kier molecular flexibility index (Phi) is 5.42. The van der Waals surface area contributed by atoms with Crippen LogP contribution in [0.15, 0.2) is 29.1 Å². The fourth-order valence-electron chi connectivity index (χ4n) is 4.18. The van der Waals surface area contributed by atoms with Crippen LogP contribution in [-0.4, -0.2) is 70.6 Å². The summed E-state index contributed by atoms with van der Waals surface area (Å²) in [5.41, 5.74) is 6.64. The summed E-state index contributed by atoms with van der Waals surface area (Å²) in [6.45, 7) is 7.65. The molecule has 0 aliphatic carbocycles. The fraction of sp³-hybridized carbons (Fsp3) is 0.571. The number of H-pyrrole nitrogens is 1. The molecule has 1 aromatic heterocycles. The van der Waals surface area contributed by atoms with Gasteiger partial charge >= 0.3 is 0 Å². The molecular weight excluding hydrogens is 370 g/mol. The molecule has 4 rings (SSSR count). The van der Waals surface area contributed by atoms with E-state index in [4.69, 9.17) is 10.5 Å². The van der Waals surface area contributed by atoms with Gasteiger partial charge in [-0.05, 0) is 24.0 Å². The first kappa shape index (κ1) is 20.0. The molecule has 3 heterocycles. The number of benzene rings is 1. The number of aromatic nitrogens is 2. The largest absolute Gasteiger partial charge is 0.366 e. The van der Waals surface area contributed by atoms with E-state index in [1.807, 2.05) is 23.1 Å².